The minimum absolute atomic E-state index is 0.0341. The van der Waals surface area contributed by atoms with Crippen LogP contribution in [0.2, 0.25) is 0 Å². The topological polar surface area (TPSA) is 34.4 Å². The first-order valence-electron chi connectivity index (χ1n) is 5.80. The van der Waals surface area contributed by atoms with E-state index in [4.69, 9.17) is 0 Å². The maximum absolute atomic E-state index is 11.6. The van der Waals surface area contributed by atoms with Gasteiger partial charge in [0.1, 0.15) is 5.65 Å². The SMILES string of the molecule is CCC.CCc1cc(=O)n2cc(Br)ccc2n1. The van der Waals surface area contributed by atoms with E-state index in [0.717, 1.165) is 16.6 Å². The van der Waals surface area contributed by atoms with Gasteiger partial charge in [-0.15, -0.1) is 0 Å². The van der Waals surface area contributed by atoms with Crippen molar-refractivity contribution in [2.24, 2.45) is 0 Å². The molecule has 0 saturated carbocycles. The molecule has 17 heavy (non-hydrogen) atoms. The van der Waals surface area contributed by atoms with Gasteiger partial charge < -0.3 is 0 Å². The molecular weight excluding hydrogens is 280 g/mol. The van der Waals surface area contributed by atoms with Gasteiger partial charge in [0.2, 0.25) is 0 Å². The number of hydrogen-bond acceptors (Lipinski definition) is 2. The minimum atomic E-state index is -0.0341. The zero-order valence-corrected chi connectivity index (χ0v) is 12.0. The average Bonchev–Trinajstić information content (AvgIpc) is 2.31. The molecule has 3 nitrogen and oxygen atoms in total. The van der Waals surface area contributed by atoms with Gasteiger partial charge in [-0.1, -0.05) is 27.2 Å². The summed E-state index contributed by atoms with van der Waals surface area (Å²) in [6, 6.07) is 5.27. The Kier molecular flexibility index (Phi) is 5.35. The predicted octanol–water partition coefficient (Wildman–Crippen LogP) is 3.44. The van der Waals surface area contributed by atoms with Crippen molar-refractivity contribution in [1.82, 2.24) is 9.38 Å². The molecule has 2 heterocycles. The molecule has 0 amide bonds. The third kappa shape index (κ3) is 3.66. The number of hydrogen-bond donors (Lipinski definition) is 0. The highest BCUT2D eigenvalue weighted by Crippen LogP contribution is 2.09. The van der Waals surface area contributed by atoms with E-state index >= 15 is 0 Å². The first-order valence-corrected chi connectivity index (χ1v) is 6.59. The fraction of sp³-hybridized carbons (Fsp3) is 0.385. The molecule has 92 valence electrons. The molecule has 2 aromatic rings. The average molecular weight is 297 g/mol. The molecule has 0 N–H and O–H groups in total. The van der Waals surface area contributed by atoms with Crippen LogP contribution < -0.4 is 5.56 Å². The standard InChI is InChI=1S/C10H9BrN2O.C3H8/c1-2-8-5-10(14)13-6-7(11)3-4-9(13)12-8;1-3-2/h3-6H,2H2,1H3;3H2,1-2H3. The summed E-state index contributed by atoms with van der Waals surface area (Å²) in [6.07, 6.45) is 3.76. The number of nitrogens with zero attached hydrogens (tertiary/aromatic N) is 2. The number of rotatable bonds is 1. The summed E-state index contributed by atoms with van der Waals surface area (Å²) in [5, 5.41) is 0. The molecule has 4 heteroatoms. The Labute approximate surface area is 110 Å². The van der Waals surface area contributed by atoms with Crippen molar-refractivity contribution in [3.63, 3.8) is 0 Å². The first-order chi connectivity index (χ1) is 8.12. The van der Waals surface area contributed by atoms with Crippen molar-refractivity contribution in [1.29, 1.82) is 0 Å². The molecule has 0 atom stereocenters. The Hall–Kier alpha value is -1.16. The summed E-state index contributed by atoms with van der Waals surface area (Å²) in [4.78, 5) is 16.0. The molecule has 0 radical (unpaired) electrons. The lowest BCUT2D eigenvalue weighted by Crippen LogP contribution is -2.14. The van der Waals surface area contributed by atoms with E-state index in [1.54, 1.807) is 12.3 Å². The quantitative estimate of drug-likeness (QED) is 0.808. The fourth-order valence-corrected chi connectivity index (χ4v) is 1.64. The summed E-state index contributed by atoms with van der Waals surface area (Å²) >= 11 is 3.31. The Morgan fingerprint density at radius 1 is 1.29 bits per heavy atom. The number of pyridine rings is 1. The number of aromatic nitrogens is 2. The summed E-state index contributed by atoms with van der Waals surface area (Å²) < 4.78 is 2.40. The van der Waals surface area contributed by atoms with Crippen molar-refractivity contribution in [3.05, 3.63) is 44.9 Å². The lowest BCUT2D eigenvalue weighted by Gasteiger charge is -2.02. The lowest BCUT2D eigenvalue weighted by atomic mass is 10.3. The Morgan fingerprint density at radius 3 is 2.53 bits per heavy atom. The second-order valence-electron chi connectivity index (χ2n) is 3.72. The maximum atomic E-state index is 11.6. The summed E-state index contributed by atoms with van der Waals surface area (Å²) in [6.45, 7) is 6.23. The van der Waals surface area contributed by atoms with Gasteiger partial charge in [-0.2, -0.15) is 0 Å². The molecule has 2 aromatic heterocycles. The van der Waals surface area contributed by atoms with Crippen LogP contribution in [0, 0.1) is 0 Å². The van der Waals surface area contributed by atoms with E-state index < -0.39 is 0 Å². The molecule has 0 aromatic carbocycles. The number of halogens is 1. The third-order valence-electron chi connectivity index (χ3n) is 2.04. The second-order valence-corrected chi connectivity index (χ2v) is 4.64. The van der Waals surface area contributed by atoms with Crippen LogP contribution in [0.5, 0.6) is 0 Å². The van der Waals surface area contributed by atoms with Crippen LogP contribution in [-0.2, 0) is 6.42 Å². The largest absolute Gasteiger partial charge is 0.269 e. The molecule has 0 saturated heterocycles. The van der Waals surface area contributed by atoms with Crippen LogP contribution in [0.15, 0.2) is 33.7 Å². The number of fused-ring (bicyclic) bond motifs is 1. The van der Waals surface area contributed by atoms with Gasteiger partial charge in [0.05, 0.1) is 0 Å². The van der Waals surface area contributed by atoms with E-state index in [1.165, 1.54) is 10.8 Å². The van der Waals surface area contributed by atoms with Gasteiger partial charge in [0.15, 0.2) is 0 Å². The zero-order valence-electron chi connectivity index (χ0n) is 10.4. The van der Waals surface area contributed by atoms with Gasteiger partial charge in [-0.3, -0.25) is 9.20 Å². The summed E-state index contributed by atoms with van der Waals surface area (Å²) in [5.41, 5.74) is 1.49. The van der Waals surface area contributed by atoms with E-state index in [1.807, 2.05) is 19.1 Å². The molecule has 0 fully saturated rings. The fourth-order valence-electron chi connectivity index (χ4n) is 1.31. The molecule has 0 unspecified atom stereocenters. The van der Waals surface area contributed by atoms with Gasteiger partial charge in [-0.05, 0) is 34.5 Å². The van der Waals surface area contributed by atoms with E-state index in [9.17, 15) is 4.79 Å². The van der Waals surface area contributed by atoms with Crippen molar-refractivity contribution in [2.45, 2.75) is 33.6 Å². The smallest absolute Gasteiger partial charge is 0.258 e. The zero-order chi connectivity index (χ0) is 12.8. The maximum Gasteiger partial charge on any atom is 0.258 e. The van der Waals surface area contributed by atoms with Gasteiger partial charge in [-0.25, -0.2) is 4.98 Å². The Morgan fingerprint density at radius 2 is 1.94 bits per heavy atom. The van der Waals surface area contributed by atoms with Gasteiger partial charge in [0.25, 0.3) is 5.56 Å². The summed E-state index contributed by atoms with van der Waals surface area (Å²) in [5.74, 6) is 0. The predicted molar refractivity (Wildman–Crippen MR) is 74.5 cm³/mol. The first kappa shape index (κ1) is 13.9. The molecule has 2 rings (SSSR count). The van der Waals surface area contributed by atoms with Crippen molar-refractivity contribution in [2.75, 3.05) is 0 Å². The van der Waals surface area contributed by atoms with Gasteiger partial charge >= 0.3 is 0 Å². The van der Waals surface area contributed by atoms with E-state index in [2.05, 4.69) is 34.8 Å². The van der Waals surface area contributed by atoms with E-state index in [0.29, 0.717) is 5.65 Å². The summed E-state index contributed by atoms with van der Waals surface area (Å²) in [7, 11) is 0. The van der Waals surface area contributed by atoms with Crippen molar-refractivity contribution < 1.29 is 0 Å². The molecule has 0 aliphatic rings. The molecule has 0 aliphatic heterocycles. The van der Waals surface area contributed by atoms with E-state index in [-0.39, 0.29) is 5.56 Å². The highest BCUT2D eigenvalue weighted by molar-refractivity contribution is 9.10. The normalized spacial score (nSPS) is 9.88. The van der Waals surface area contributed by atoms with Crippen LogP contribution in [0.3, 0.4) is 0 Å². The molecule has 0 aliphatic carbocycles. The Balaban J connectivity index is 0.000000437. The molecule has 0 bridgehead atoms. The lowest BCUT2D eigenvalue weighted by molar-refractivity contribution is 0.963. The highest BCUT2D eigenvalue weighted by atomic mass is 79.9. The second kappa shape index (κ2) is 6.55. The highest BCUT2D eigenvalue weighted by Gasteiger charge is 2.00. The Bertz CT molecular complexity index is 549. The van der Waals surface area contributed by atoms with Crippen LogP contribution in [0.25, 0.3) is 5.65 Å². The van der Waals surface area contributed by atoms with Crippen LogP contribution >= 0.6 is 15.9 Å². The molecule has 0 spiro atoms. The van der Waals surface area contributed by atoms with Gasteiger partial charge in [0, 0.05) is 22.4 Å². The number of aryl methyl sites for hydroxylation is 1. The third-order valence-corrected chi connectivity index (χ3v) is 2.51. The van der Waals surface area contributed by atoms with Crippen LogP contribution in [0.1, 0.15) is 32.9 Å². The minimum Gasteiger partial charge on any atom is -0.269 e. The monoisotopic (exact) mass is 296 g/mol. The van der Waals surface area contributed by atoms with Crippen LogP contribution in [-0.4, -0.2) is 9.38 Å². The van der Waals surface area contributed by atoms with Crippen molar-refractivity contribution in [3.8, 4) is 0 Å². The van der Waals surface area contributed by atoms with Crippen molar-refractivity contribution >= 4 is 21.6 Å². The molecular formula is C13H17BrN2O. The van der Waals surface area contributed by atoms with Crippen LogP contribution in [0.4, 0.5) is 0 Å².